The molecule has 0 amide bonds. The Kier molecular flexibility index (Phi) is 7.17. The van der Waals surface area contributed by atoms with Crippen LogP contribution in [0.15, 0.2) is 72.8 Å². The topological polar surface area (TPSA) is 77.4 Å². The second kappa shape index (κ2) is 10.8. The Balaban J connectivity index is 1.52. The maximum absolute atomic E-state index is 11.9. The monoisotopic (exact) mass is 566 g/mol. The molecule has 0 bridgehead atoms. The summed E-state index contributed by atoms with van der Waals surface area (Å²) in [5, 5.41) is 23.8. The van der Waals surface area contributed by atoms with Crippen LogP contribution in [0.5, 0.6) is 34.5 Å². The van der Waals surface area contributed by atoms with Gasteiger partial charge in [-0.05, 0) is 64.5 Å². The molecule has 6 nitrogen and oxygen atoms in total. The Morgan fingerprint density at radius 2 is 1.00 bits per heavy atom. The molecule has 218 valence electrons. The summed E-state index contributed by atoms with van der Waals surface area (Å²) >= 11 is 0. The molecule has 0 aromatic heterocycles. The lowest BCUT2D eigenvalue weighted by Gasteiger charge is -2.35. The lowest BCUT2D eigenvalue weighted by atomic mass is 9.87. The number of hydrogen-bond acceptors (Lipinski definition) is 6. The molecule has 0 atom stereocenters. The first-order chi connectivity index (χ1) is 20.1. The molecule has 0 spiro atoms. The molecule has 2 aliphatic rings. The molecule has 4 aromatic carbocycles. The van der Waals surface area contributed by atoms with E-state index in [4.69, 9.17) is 18.9 Å². The van der Waals surface area contributed by atoms with Crippen LogP contribution in [-0.4, -0.2) is 21.4 Å². The molecule has 6 rings (SSSR count). The summed E-state index contributed by atoms with van der Waals surface area (Å²) in [4.78, 5) is 0. The molecule has 0 aliphatic carbocycles. The summed E-state index contributed by atoms with van der Waals surface area (Å²) in [6.07, 6.45) is 2.74. The highest BCUT2D eigenvalue weighted by Gasteiger charge is 2.36. The predicted octanol–water partition coefficient (Wildman–Crippen LogP) is 8.13. The maximum atomic E-state index is 11.9. The fourth-order valence-electron chi connectivity index (χ4n) is 5.72. The smallest absolute Gasteiger partial charge is 0.135 e. The summed E-state index contributed by atoms with van der Waals surface area (Å²) in [5.74, 6) is 2.05. The molecule has 0 saturated carbocycles. The van der Waals surface area contributed by atoms with Gasteiger partial charge in [0.15, 0.2) is 0 Å². The van der Waals surface area contributed by atoms with Gasteiger partial charge >= 0.3 is 0 Å². The standard InChI is InChI=1S/C36H38O6/c1-35(2)17-15-25-27(41-35)19-29(39-21-23-11-7-5-8-12-23)31(33(25)37)32-30(40-22-24-13-9-6-10-14-24)20-28-26(34(32)38)16-18-36(3,4)42-28/h5-14,19-20,37-38H,15-18,21-22H2,1-4H3. The van der Waals surface area contributed by atoms with Gasteiger partial charge in [0.05, 0.1) is 11.1 Å². The Labute approximate surface area is 247 Å². The highest BCUT2D eigenvalue weighted by molar-refractivity contribution is 5.89. The first-order valence-electron chi connectivity index (χ1n) is 14.6. The molecule has 0 radical (unpaired) electrons. The number of benzene rings is 4. The van der Waals surface area contributed by atoms with Crippen molar-refractivity contribution in [2.75, 3.05) is 0 Å². The van der Waals surface area contributed by atoms with Crippen LogP contribution in [0.3, 0.4) is 0 Å². The van der Waals surface area contributed by atoms with Crippen LogP contribution in [0.1, 0.15) is 62.8 Å². The number of phenols is 2. The molecule has 2 heterocycles. The molecule has 0 fully saturated rings. The summed E-state index contributed by atoms with van der Waals surface area (Å²) in [5.41, 5.74) is 3.38. The largest absolute Gasteiger partial charge is 0.507 e. The van der Waals surface area contributed by atoms with Gasteiger partial charge in [-0.15, -0.1) is 0 Å². The van der Waals surface area contributed by atoms with E-state index in [1.54, 1.807) is 0 Å². The van der Waals surface area contributed by atoms with Gasteiger partial charge in [0, 0.05) is 23.3 Å². The van der Waals surface area contributed by atoms with Crippen molar-refractivity contribution in [2.45, 2.75) is 77.8 Å². The van der Waals surface area contributed by atoms with E-state index in [0.29, 0.717) is 58.1 Å². The lowest BCUT2D eigenvalue weighted by Crippen LogP contribution is -2.32. The normalized spacial score (nSPS) is 16.4. The fourth-order valence-corrected chi connectivity index (χ4v) is 5.72. The highest BCUT2D eigenvalue weighted by Crippen LogP contribution is 2.56. The Morgan fingerprint density at radius 3 is 1.38 bits per heavy atom. The average Bonchev–Trinajstić information content (AvgIpc) is 2.95. The van der Waals surface area contributed by atoms with E-state index in [1.165, 1.54) is 0 Å². The van der Waals surface area contributed by atoms with Gasteiger partial charge in [-0.25, -0.2) is 0 Å². The molecule has 0 saturated heterocycles. The van der Waals surface area contributed by atoms with Crippen LogP contribution in [0.25, 0.3) is 11.1 Å². The summed E-state index contributed by atoms with van der Waals surface area (Å²) in [6.45, 7) is 8.71. The van der Waals surface area contributed by atoms with Crippen molar-refractivity contribution in [3.63, 3.8) is 0 Å². The molecule has 6 heteroatoms. The number of fused-ring (bicyclic) bond motifs is 2. The van der Waals surface area contributed by atoms with Gasteiger partial charge in [0.2, 0.25) is 0 Å². The van der Waals surface area contributed by atoms with E-state index in [1.807, 2.05) is 100 Å². The number of phenolic OH excluding ortho intramolecular Hbond substituents is 2. The lowest BCUT2D eigenvalue weighted by molar-refractivity contribution is 0.0825. The zero-order valence-electron chi connectivity index (χ0n) is 24.7. The first kappa shape index (κ1) is 27.8. The van der Waals surface area contributed by atoms with E-state index in [0.717, 1.165) is 24.0 Å². The first-order valence-corrected chi connectivity index (χ1v) is 14.6. The van der Waals surface area contributed by atoms with Gasteiger partial charge in [0.1, 0.15) is 58.9 Å². The van der Waals surface area contributed by atoms with Crippen molar-refractivity contribution < 1.29 is 29.2 Å². The summed E-state index contributed by atoms with van der Waals surface area (Å²) < 4.78 is 25.4. The van der Waals surface area contributed by atoms with E-state index < -0.39 is 0 Å². The highest BCUT2D eigenvalue weighted by atomic mass is 16.5. The number of ether oxygens (including phenoxy) is 4. The fraction of sp³-hybridized carbons (Fsp3) is 0.333. The zero-order valence-corrected chi connectivity index (χ0v) is 24.7. The Morgan fingerprint density at radius 1 is 0.619 bits per heavy atom. The van der Waals surface area contributed by atoms with E-state index in [9.17, 15) is 10.2 Å². The Bertz CT molecular complexity index is 1470. The molecular formula is C36H38O6. The van der Waals surface area contributed by atoms with E-state index >= 15 is 0 Å². The average molecular weight is 567 g/mol. The van der Waals surface area contributed by atoms with Crippen molar-refractivity contribution in [3.05, 3.63) is 95.1 Å². The van der Waals surface area contributed by atoms with Crippen LogP contribution < -0.4 is 18.9 Å². The zero-order chi connectivity index (χ0) is 29.5. The van der Waals surface area contributed by atoms with E-state index in [-0.39, 0.29) is 35.9 Å². The van der Waals surface area contributed by atoms with Crippen molar-refractivity contribution in [2.24, 2.45) is 0 Å². The molecule has 2 aliphatic heterocycles. The summed E-state index contributed by atoms with van der Waals surface area (Å²) in [6, 6.07) is 23.4. The minimum Gasteiger partial charge on any atom is -0.507 e. The third-order valence-corrected chi connectivity index (χ3v) is 8.11. The minimum atomic E-state index is -0.375. The second-order valence-electron chi connectivity index (χ2n) is 12.4. The molecule has 4 aromatic rings. The number of rotatable bonds is 7. The molecule has 42 heavy (non-hydrogen) atoms. The molecule has 2 N–H and O–H groups in total. The third kappa shape index (κ3) is 5.58. The number of hydrogen-bond donors (Lipinski definition) is 2. The van der Waals surface area contributed by atoms with Gasteiger partial charge in [-0.1, -0.05) is 60.7 Å². The third-order valence-electron chi connectivity index (χ3n) is 8.11. The quantitative estimate of drug-likeness (QED) is 0.235. The van der Waals surface area contributed by atoms with Crippen LogP contribution in [0.4, 0.5) is 0 Å². The van der Waals surface area contributed by atoms with Crippen LogP contribution >= 0.6 is 0 Å². The van der Waals surface area contributed by atoms with Gasteiger partial charge in [-0.3, -0.25) is 0 Å². The van der Waals surface area contributed by atoms with Crippen molar-refractivity contribution in [1.82, 2.24) is 0 Å². The Hall–Kier alpha value is -4.32. The maximum Gasteiger partial charge on any atom is 0.135 e. The van der Waals surface area contributed by atoms with Gasteiger partial charge in [-0.2, -0.15) is 0 Å². The van der Waals surface area contributed by atoms with Crippen molar-refractivity contribution >= 4 is 0 Å². The van der Waals surface area contributed by atoms with Gasteiger partial charge < -0.3 is 29.2 Å². The minimum absolute atomic E-state index is 0.0305. The van der Waals surface area contributed by atoms with Crippen LogP contribution in [0.2, 0.25) is 0 Å². The van der Waals surface area contributed by atoms with Crippen molar-refractivity contribution in [1.29, 1.82) is 0 Å². The van der Waals surface area contributed by atoms with Crippen molar-refractivity contribution in [3.8, 4) is 45.6 Å². The molecular weight excluding hydrogens is 528 g/mol. The number of aromatic hydroxyl groups is 2. The van der Waals surface area contributed by atoms with E-state index in [2.05, 4.69) is 0 Å². The summed E-state index contributed by atoms with van der Waals surface area (Å²) in [7, 11) is 0. The van der Waals surface area contributed by atoms with Gasteiger partial charge in [0.25, 0.3) is 0 Å². The molecule has 0 unspecified atom stereocenters. The van der Waals surface area contributed by atoms with Crippen LogP contribution in [0, 0.1) is 0 Å². The predicted molar refractivity (Wildman–Crippen MR) is 163 cm³/mol. The second-order valence-corrected chi connectivity index (χ2v) is 12.4. The van der Waals surface area contributed by atoms with Crippen LogP contribution in [-0.2, 0) is 26.1 Å². The SMILES string of the molecule is CC1(C)CCc2c(cc(OCc3ccccc3)c(-c3c(OCc4ccccc4)cc4c(c3O)CCC(C)(C)O4)c2O)O1.